The Morgan fingerprint density at radius 3 is 2.43 bits per heavy atom. The molecule has 14 heavy (non-hydrogen) atoms. The molecule has 0 rings (SSSR count). The van der Waals surface area contributed by atoms with Gasteiger partial charge in [0.05, 0.1) is 0 Å². The van der Waals surface area contributed by atoms with Crippen LogP contribution in [0.4, 0.5) is 0 Å². The van der Waals surface area contributed by atoms with E-state index in [0.717, 1.165) is 0 Å². The van der Waals surface area contributed by atoms with Crippen LogP contribution in [0.1, 0.15) is 52.4 Å². The summed E-state index contributed by atoms with van der Waals surface area (Å²) >= 11 is 1.88. The van der Waals surface area contributed by atoms with E-state index in [1.54, 1.807) is 0 Å². The van der Waals surface area contributed by atoms with Gasteiger partial charge in [-0.1, -0.05) is 57.8 Å². The molecule has 0 spiro atoms. The molecule has 0 aromatic carbocycles. The highest BCUT2D eigenvalue weighted by molar-refractivity contribution is 8.03. The van der Waals surface area contributed by atoms with Crippen molar-refractivity contribution in [3.63, 3.8) is 0 Å². The van der Waals surface area contributed by atoms with Crippen LogP contribution in [-0.2, 0) is 0 Å². The molecule has 0 aliphatic rings. The van der Waals surface area contributed by atoms with Crippen molar-refractivity contribution in [1.82, 2.24) is 0 Å². The van der Waals surface area contributed by atoms with Crippen LogP contribution < -0.4 is 0 Å². The fourth-order valence-corrected chi connectivity index (χ4v) is 2.16. The van der Waals surface area contributed by atoms with E-state index in [2.05, 4.69) is 25.7 Å². The minimum Gasteiger partial charge on any atom is -0.127 e. The monoisotopic (exact) mass is 212 g/mol. The van der Waals surface area contributed by atoms with Crippen LogP contribution in [0.2, 0.25) is 0 Å². The molecular weight excluding hydrogens is 188 g/mol. The van der Waals surface area contributed by atoms with E-state index in [1.165, 1.54) is 49.2 Å². The predicted octanol–water partition coefficient (Wildman–Crippen LogP) is 5.17. The zero-order chi connectivity index (χ0) is 10.6. The highest BCUT2D eigenvalue weighted by atomic mass is 32.2. The van der Waals surface area contributed by atoms with Gasteiger partial charge in [0.15, 0.2) is 0 Å². The fraction of sp³-hybridized carbons (Fsp3) is 0.692. The molecule has 0 radical (unpaired) electrons. The van der Waals surface area contributed by atoms with E-state index in [0.29, 0.717) is 0 Å². The Kier molecular flexibility index (Phi) is 10.8. The van der Waals surface area contributed by atoms with Crippen molar-refractivity contribution in [1.29, 1.82) is 0 Å². The summed E-state index contributed by atoms with van der Waals surface area (Å²) in [6.45, 7) is 8.27. The lowest BCUT2D eigenvalue weighted by Gasteiger charge is -2.01. The van der Waals surface area contributed by atoms with E-state index in [1.807, 2.05) is 18.7 Å². The van der Waals surface area contributed by atoms with Gasteiger partial charge in [-0.3, -0.25) is 0 Å². The van der Waals surface area contributed by atoms with Gasteiger partial charge in [-0.05, 0) is 24.0 Å². The molecule has 0 saturated heterocycles. The first-order valence-corrected chi connectivity index (χ1v) is 6.74. The normalized spacial score (nSPS) is 11.0. The summed E-state index contributed by atoms with van der Waals surface area (Å²) in [5.41, 5.74) is 0. The quantitative estimate of drug-likeness (QED) is 0.375. The van der Waals surface area contributed by atoms with Crippen molar-refractivity contribution in [3.8, 4) is 0 Å². The smallest absolute Gasteiger partial charge is 0.000330 e. The molecule has 0 nitrogen and oxygen atoms in total. The first-order chi connectivity index (χ1) is 6.81. The molecule has 0 aromatic heterocycles. The van der Waals surface area contributed by atoms with Crippen LogP contribution in [0.25, 0.3) is 0 Å². The van der Waals surface area contributed by atoms with Gasteiger partial charge >= 0.3 is 0 Å². The standard InChI is InChI=1S/C13H24S/c1-4-6-7-8-9-10-12-14-13(3)11-5-2/h5,11H,3-4,6-10,12H2,1-2H3/b11-5-. The van der Waals surface area contributed by atoms with Gasteiger partial charge in [0.2, 0.25) is 0 Å². The Hall–Kier alpha value is -0.170. The largest absolute Gasteiger partial charge is 0.127 e. The molecule has 0 amide bonds. The second-order valence-corrected chi connectivity index (χ2v) is 4.80. The van der Waals surface area contributed by atoms with Crippen molar-refractivity contribution in [2.45, 2.75) is 52.4 Å². The molecule has 0 saturated carbocycles. The average Bonchev–Trinajstić information content (AvgIpc) is 2.17. The molecule has 0 N–H and O–H groups in total. The predicted molar refractivity (Wildman–Crippen MR) is 69.8 cm³/mol. The van der Waals surface area contributed by atoms with Crippen LogP contribution in [0, 0.1) is 0 Å². The van der Waals surface area contributed by atoms with Crippen LogP contribution in [0.5, 0.6) is 0 Å². The number of allylic oxidation sites excluding steroid dienone is 2. The molecule has 0 atom stereocenters. The van der Waals surface area contributed by atoms with Crippen LogP contribution in [-0.4, -0.2) is 5.75 Å². The van der Waals surface area contributed by atoms with E-state index in [-0.39, 0.29) is 0 Å². The summed E-state index contributed by atoms with van der Waals surface area (Å²) in [7, 11) is 0. The van der Waals surface area contributed by atoms with Gasteiger partial charge in [-0.2, -0.15) is 0 Å². The third-order valence-corrected chi connectivity index (χ3v) is 3.14. The molecular formula is C13H24S. The van der Waals surface area contributed by atoms with Crippen LogP contribution in [0.3, 0.4) is 0 Å². The van der Waals surface area contributed by atoms with Crippen molar-refractivity contribution in [2.75, 3.05) is 5.75 Å². The maximum atomic E-state index is 3.97. The van der Waals surface area contributed by atoms with Gasteiger partial charge < -0.3 is 0 Å². The minimum absolute atomic E-state index is 1.20. The maximum Gasteiger partial charge on any atom is -0.000330 e. The molecule has 0 bridgehead atoms. The Bertz CT molecular complexity index is 159. The Labute approximate surface area is 93.9 Å². The van der Waals surface area contributed by atoms with Crippen molar-refractivity contribution in [3.05, 3.63) is 23.6 Å². The lowest BCUT2D eigenvalue weighted by Crippen LogP contribution is -1.82. The molecule has 0 fully saturated rings. The average molecular weight is 212 g/mol. The minimum atomic E-state index is 1.20. The summed E-state index contributed by atoms with van der Waals surface area (Å²) in [5.74, 6) is 1.23. The maximum absolute atomic E-state index is 3.97. The topological polar surface area (TPSA) is 0 Å². The molecule has 82 valence electrons. The van der Waals surface area contributed by atoms with Gasteiger partial charge in [0, 0.05) is 0 Å². The van der Waals surface area contributed by atoms with Crippen molar-refractivity contribution in [2.24, 2.45) is 0 Å². The van der Waals surface area contributed by atoms with Gasteiger partial charge in [0.25, 0.3) is 0 Å². The second kappa shape index (κ2) is 10.9. The lowest BCUT2D eigenvalue weighted by atomic mass is 10.1. The SMILES string of the molecule is C=C(/C=C\C)SCCCCCCCC. The number of thioether (sulfide) groups is 1. The van der Waals surface area contributed by atoms with Crippen molar-refractivity contribution >= 4 is 11.8 Å². The zero-order valence-corrected chi connectivity index (χ0v) is 10.5. The van der Waals surface area contributed by atoms with Gasteiger partial charge in [-0.25, -0.2) is 0 Å². The molecule has 0 heterocycles. The Morgan fingerprint density at radius 1 is 1.14 bits per heavy atom. The van der Waals surface area contributed by atoms with Crippen LogP contribution >= 0.6 is 11.8 Å². The number of rotatable bonds is 9. The number of hydrogen-bond acceptors (Lipinski definition) is 1. The van der Waals surface area contributed by atoms with E-state index in [9.17, 15) is 0 Å². The van der Waals surface area contributed by atoms with Gasteiger partial charge in [-0.15, -0.1) is 11.8 Å². The lowest BCUT2D eigenvalue weighted by molar-refractivity contribution is 0.627. The first kappa shape index (κ1) is 13.8. The summed E-state index contributed by atoms with van der Waals surface area (Å²) in [6.07, 6.45) is 12.4. The zero-order valence-electron chi connectivity index (χ0n) is 9.72. The summed E-state index contributed by atoms with van der Waals surface area (Å²) in [6, 6.07) is 0. The summed E-state index contributed by atoms with van der Waals surface area (Å²) in [4.78, 5) is 1.20. The first-order valence-electron chi connectivity index (χ1n) is 5.75. The molecule has 0 aliphatic heterocycles. The molecule has 1 heteroatoms. The Balaban J connectivity index is 3.09. The highest BCUT2D eigenvalue weighted by Crippen LogP contribution is 2.17. The van der Waals surface area contributed by atoms with E-state index in [4.69, 9.17) is 0 Å². The molecule has 0 aromatic rings. The fourth-order valence-electron chi connectivity index (χ4n) is 1.32. The van der Waals surface area contributed by atoms with Gasteiger partial charge in [0.1, 0.15) is 0 Å². The highest BCUT2D eigenvalue weighted by Gasteiger charge is 1.92. The summed E-state index contributed by atoms with van der Waals surface area (Å²) in [5, 5.41) is 0. The van der Waals surface area contributed by atoms with Crippen LogP contribution in [0.15, 0.2) is 23.6 Å². The molecule has 0 unspecified atom stereocenters. The molecule has 0 aliphatic carbocycles. The third kappa shape index (κ3) is 9.91. The number of hydrogen-bond donors (Lipinski definition) is 0. The van der Waals surface area contributed by atoms with E-state index < -0.39 is 0 Å². The second-order valence-electron chi connectivity index (χ2n) is 3.58. The third-order valence-electron chi connectivity index (χ3n) is 2.14. The summed E-state index contributed by atoms with van der Waals surface area (Å²) < 4.78 is 0. The van der Waals surface area contributed by atoms with E-state index >= 15 is 0 Å². The number of unbranched alkanes of at least 4 members (excludes halogenated alkanes) is 5. The van der Waals surface area contributed by atoms with Crippen molar-refractivity contribution < 1.29 is 0 Å². The Morgan fingerprint density at radius 2 is 1.79 bits per heavy atom.